The summed E-state index contributed by atoms with van der Waals surface area (Å²) in [4.78, 5) is 37.1. The molecule has 8 heteroatoms. The van der Waals surface area contributed by atoms with Crippen LogP contribution in [0.4, 0.5) is 8.78 Å². The Labute approximate surface area is 153 Å². The van der Waals surface area contributed by atoms with Gasteiger partial charge >= 0.3 is 6.61 Å². The van der Waals surface area contributed by atoms with Gasteiger partial charge in [0.05, 0.1) is 11.1 Å². The Hall–Kier alpha value is -3.29. The molecule has 0 aliphatic carbocycles. The van der Waals surface area contributed by atoms with Crippen molar-refractivity contribution < 1.29 is 27.9 Å². The lowest BCUT2D eigenvalue weighted by atomic mass is 10.1. The van der Waals surface area contributed by atoms with Crippen molar-refractivity contribution in [2.45, 2.75) is 13.0 Å². The van der Waals surface area contributed by atoms with Crippen LogP contribution < -0.4 is 10.1 Å². The van der Waals surface area contributed by atoms with E-state index in [0.717, 1.165) is 10.5 Å². The van der Waals surface area contributed by atoms with E-state index in [0.29, 0.717) is 13.0 Å². The summed E-state index contributed by atoms with van der Waals surface area (Å²) in [6, 6.07) is 10.5. The first-order valence-corrected chi connectivity index (χ1v) is 8.15. The Bertz CT molecular complexity index is 897. The van der Waals surface area contributed by atoms with Crippen LogP contribution in [0.2, 0.25) is 0 Å². The first-order valence-electron chi connectivity index (χ1n) is 8.15. The van der Waals surface area contributed by atoms with Gasteiger partial charge in [-0.3, -0.25) is 19.3 Å². The Morgan fingerprint density at radius 1 is 1.07 bits per heavy atom. The van der Waals surface area contributed by atoms with Gasteiger partial charge in [0, 0.05) is 19.2 Å². The highest BCUT2D eigenvalue weighted by Gasteiger charge is 2.33. The summed E-state index contributed by atoms with van der Waals surface area (Å²) in [6.07, 6.45) is 0.492. The molecule has 0 radical (unpaired) electrons. The SMILES string of the molecule is CN1C(=O)c2ccc(C(=O)NCCc3ccc(OC(F)F)cc3)cc2C1=O. The summed E-state index contributed by atoms with van der Waals surface area (Å²) in [5.41, 5.74) is 1.62. The van der Waals surface area contributed by atoms with Crippen LogP contribution in [-0.4, -0.2) is 42.8 Å². The topological polar surface area (TPSA) is 75.7 Å². The predicted octanol–water partition coefficient (Wildman–Crippen LogP) is 2.49. The van der Waals surface area contributed by atoms with E-state index in [9.17, 15) is 23.2 Å². The van der Waals surface area contributed by atoms with Crippen LogP contribution in [0.5, 0.6) is 5.75 Å². The third-order valence-electron chi connectivity index (χ3n) is 4.20. The van der Waals surface area contributed by atoms with Crippen LogP contribution >= 0.6 is 0 Å². The average Bonchev–Trinajstić information content (AvgIpc) is 2.86. The van der Waals surface area contributed by atoms with Gasteiger partial charge in [0.1, 0.15) is 5.75 Å². The molecule has 0 saturated carbocycles. The van der Waals surface area contributed by atoms with Crippen LogP contribution in [0.15, 0.2) is 42.5 Å². The number of nitrogens with one attached hydrogen (secondary N) is 1. The van der Waals surface area contributed by atoms with Crippen molar-refractivity contribution in [1.82, 2.24) is 10.2 Å². The van der Waals surface area contributed by atoms with Gasteiger partial charge in [-0.15, -0.1) is 0 Å². The molecule has 0 bridgehead atoms. The Balaban J connectivity index is 1.57. The number of carbonyl (C=O) groups excluding carboxylic acids is 3. The van der Waals surface area contributed by atoms with Gasteiger partial charge in [0.15, 0.2) is 0 Å². The van der Waals surface area contributed by atoms with Crippen molar-refractivity contribution >= 4 is 17.7 Å². The molecule has 0 atom stereocenters. The molecule has 6 nitrogen and oxygen atoms in total. The van der Waals surface area contributed by atoms with E-state index in [2.05, 4.69) is 10.1 Å². The molecule has 140 valence electrons. The third kappa shape index (κ3) is 3.94. The fourth-order valence-corrected chi connectivity index (χ4v) is 2.76. The Kier molecular flexibility index (Phi) is 5.16. The molecule has 27 heavy (non-hydrogen) atoms. The van der Waals surface area contributed by atoms with E-state index in [1.54, 1.807) is 12.1 Å². The second-order valence-electron chi connectivity index (χ2n) is 5.96. The van der Waals surface area contributed by atoms with Crippen molar-refractivity contribution in [2.24, 2.45) is 0 Å². The molecule has 3 amide bonds. The van der Waals surface area contributed by atoms with Crippen molar-refractivity contribution in [3.63, 3.8) is 0 Å². The van der Waals surface area contributed by atoms with Crippen molar-refractivity contribution in [1.29, 1.82) is 0 Å². The average molecular weight is 374 g/mol. The molecule has 0 spiro atoms. The zero-order valence-corrected chi connectivity index (χ0v) is 14.4. The van der Waals surface area contributed by atoms with Crippen LogP contribution in [-0.2, 0) is 6.42 Å². The van der Waals surface area contributed by atoms with Gasteiger partial charge < -0.3 is 10.1 Å². The lowest BCUT2D eigenvalue weighted by molar-refractivity contribution is -0.0498. The maximum Gasteiger partial charge on any atom is 0.387 e. The quantitative estimate of drug-likeness (QED) is 0.789. The summed E-state index contributed by atoms with van der Waals surface area (Å²) in [6.45, 7) is -2.55. The number of rotatable bonds is 6. The van der Waals surface area contributed by atoms with E-state index in [-0.39, 0.29) is 34.3 Å². The predicted molar refractivity (Wildman–Crippen MR) is 92.0 cm³/mol. The summed E-state index contributed by atoms with van der Waals surface area (Å²) < 4.78 is 28.5. The molecule has 0 aromatic heterocycles. The number of carbonyl (C=O) groups is 3. The highest BCUT2D eigenvalue weighted by molar-refractivity contribution is 6.21. The van der Waals surface area contributed by atoms with Gasteiger partial charge in [-0.25, -0.2) is 0 Å². The smallest absolute Gasteiger partial charge is 0.387 e. The molecule has 2 aromatic rings. The third-order valence-corrected chi connectivity index (χ3v) is 4.20. The van der Waals surface area contributed by atoms with Gasteiger partial charge in [-0.1, -0.05) is 12.1 Å². The summed E-state index contributed by atoms with van der Waals surface area (Å²) >= 11 is 0. The molecular formula is C19H16F2N2O4. The fraction of sp³-hybridized carbons (Fsp3) is 0.211. The number of hydrogen-bond acceptors (Lipinski definition) is 4. The number of hydrogen-bond donors (Lipinski definition) is 1. The van der Waals surface area contributed by atoms with Crippen LogP contribution in [0.3, 0.4) is 0 Å². The highest BCUT2D eigenvalue weighted by Crippen LogP contribution is 2.22. The van der Waals surface area contributed by atoms with E-state index >= 15 is 0 Å². The Morgan fingerprint density at radius 3 is 2.41 bits per heavy atom. The number of imide groups is 1. The lowest BCUT2D eigenvalue weighted by Gasteiger charge is -2.08. The molecule has 0 saturated heterocycles. The van der Waals surface area contributed by atoms with Crippen LogP contribution in [0.25, 0.3) is 0 Å². The summed E-state index contributed by atoms with van der Waals surface area (Å²) in [5, 5.41) is 2.72. The number of amides is 3. The lowest BCUT2D eigenvalue weighted by Crippen LogP contribution is -2.26. The number of nitrogens with zero attached hydrogens (tertiary/aromatic N) is 1. The van der Waals surface area contributed by atoms with Crippen molar-refractivity contribution in [3.8, 4) is 5.75 Å². The second-order valence-corrected chi connectivity index (χ2v) is 5.96. The van der Waals surface area contributed by atoms with E-state index in [1.165, 1.54) is 37.4 Å². The summed E-state index contributed by atoms with van der Waals surface area (Å²) in [5.74, 6) is -1.12. The zero-order chi connectivity index (χ0) is 19.6. The molecule has 1 N–H and O–H groups in total. The molecule has 2 aromatic carbocycles. The van der Waals surface area contributed by atoms with Gasteiger partial charge in [-0.05, 0) is 42.3 Å². The molecule has 0 unspecified atom stereocenters. The maximum absolute atomic E-state index is 12.3. The minimum absolute atomic E-state index is 0.0695. The van der Waals surface area contributed by atoms with Gasteiger partial charge in [-0.2, -0.15) is 8.78 Å². The Morgan fingerprint density at radius 2 is 1.74 bits per heavy atom. The van der Waals surface area contributed by atoms with Crippen molar-refractivity contribution in [3.05, 3.63) is 64.7 Å². The molecule has 1 heterocycles. The number of ether oxygens (including phenoxy) is 1. The molecular weight excluding hydrogens is 358 g/mol. The number of fused-ring (bicyclic) bond motifs is 1. The van der Waals surface area contributed by atoms with Gasteiger partial charge in [0.2, 0.25) is 0 Å². The van der Waals surface area contributed by atoms with Crippen LogP contribution in [0, 0.1) is 0 Å². The molecule has 3 rings (SSSR count). The minimum Gasteiger partial charge on any atom is -0.435 e. The first-order chi connectivity index (χ1) is 12.9. The number of alkyl halides is 2. The zero-order valence-electron chi connectivity index (χ0n) is 14.4. The highest BCUT2D eigenvalue weighted by atomic mass is 19.3. The summed E-state index contributed by atoms with van der Waals surface area (Å²) in [7, 11) is 1.39. The molecule has 1 aliphatic rings. The number of benzene rings is 2. The molecule has 1 aliphatic heterocycles. The van der Waals surface area contributed by atoms with Crippen molar-refractivity contribution in [2.75, 3.05) is 13.6 Å². The molecule has 0 fully saturated rings. The largest absolute Gasteiger partial charge is 0.435 e. The fourth-order valence-electron chi connectivity index (χ4n) is 2.76. The van der Waals surface area contributed by atoms with Gasteiger partial charge in [0.25, 0.3) is 17.7 Å². The first kappa shape index (κ1) is 18.5. The normalized spacial score (nSPS) is 13.1. The van der Waals surface area contributed by atoms with E-state index < -0.39 is 12.5 Å². The number of halogens is 2. The maximum atomic E-state index is 12.3. The standard InChI is InChI=1S/C19H16F2N2O4/c1-23-17(25)14-7-4-12(10-15(14)18(23)26)16(24)22-9-8-11-2-5-13(6-3-11)27-19(20)21/h2-7,10,19H,8-9H2,1H3,(H,22,24). The van der Waals surface area contributed by atoms with E-state index in [1.807, 2.05) is 0 Å². The second kappa shape index (κ2) is 7.53. The van der Waals surface area contributed by atoms with E-state index in [4.69, 9.17) is 0 Å². The minimum atomic E-state index is -2.87. The van der Waals surface area contributed by atoms with Crippen LogP contribution in [0.1, 0.15) is 36.6 Å². The monoisotopic (exact) mass is 374 g/mol.